The topological polar surface area (TPSA) is 78.9 Å². The molecule has 1 aliphatic heterocycles. The Balaban J connectivity index is 1.46. The summed E-state index contributed by atoms with van der Waals surface area (Å²) in [6, 6.07) is 16.1. The minimum atomic E-state index is -0.811. The predicted molar refractivity (Wildman–Crippen MR) is 128 cm³/mol. The van der Waals surface area contributed by atoms with E-state index >= 15 is 0 Å². The van der Waals surface area contributed by atoms with Crippen molar-refractivity contribution in [2.75, 3.05) is 37.7 Å². The molecule has 3 rings (SSSR count). The number of hydrogen-bond acceptors (Lipinski definition) is 5. The van der Waals surface area contributed by atoms with Crippen LogP contribution in [0.15, 0.2) is 54.6 Å². The number of carbonyl (C=O) groups excluding carboxylic acids is 3. The molecule has 2 aromatic carbocycles. The van der Waals surface area contributed by atoms with E-state index in [1.807, 2.05) is 68.4 Å². The minimum absolute atomic E-state index is 0.173. The highest BCUT2D eigenvalue weighted by Crippen LogP contribution is 2.20. The Labute approximate surface area is 199 Å². The van der Waals surface area contributed by atoms with Gasteiger partial charge >= 0.3 is 5.97 Å². The van der Waals surface area contributed by atoms with E-state index in [-0.39, 0.29) is 30.8 Å². The average molecular weight is 472 g/mol. The van der Waals surface area contributed by atoms with Gasteiger partial charge in [0.25, 0.3) is 5.91 Å². The first-order valence-electron chi connectivity index (χ1n) is 11.1. The van der Waals surface area contributed by atoms with Crippen LogP contribution in [0.4, 0.5) is 5.69 Å². The third-order valence-electron chi connectivity index (χ3n) is 5.59. The SMILES string of the molecule is CC(C)[C@@H](NC(=O)Cc1ccccc1)C(=O)OCC(=O)N1CCN(c2cccc(Cl)c2)CC1. The Hall–Kier alpha value is -3.06. The molecule has 0 saturated carbocycles. The number of piperazine rings is 1. The van der Waals surface area contributed by atoms with Gasteiger partial charge in [0.15, 0.2) is 6.61 Å². The standard InChI is InChI=1S/C25H30ClN3O4/c1-18(2)24(27-22(30)15-19-7-4-3-5-8-19)25(32)33-17-23(31)29-13-11-28(12-14-29)21-10-6-9-20(26)16-21/h3-10,16,18,24H,11-15,17H2,1-2H3,(H,27,30)/t24-/m1/s1. The summed E-state index contributed by atoms with van der Waals surface area (Å²) in [5.74, 6) is -1.28. The molecule has 2 amide bonds. The molecule has 0 bridgehead atoms. The van der Waals surface area contributed by atoms with Crippen molar-refractivity contribution in [3.05, 3.63) is 65.2 Å². The van der Waals surface area contributed by atoms with Crippen LogP contribution in [-0.4, -0.2) is 61.5 Å². The van der Waals surface area contributed by atoms with Crippen LogP contribution in [0.3, 0.4) is 0 Å². The van der Waals surface area contributed by atoms with Crippen LogP contribution in [0.2, 0.25) is 5.02 Å². The summed E-state index contributed by atoms with van der Waals surface area (Å²) in [6.45, 7) is 5.72. The van der Waals surface area contributed by atoms with E-state index in [0.29, 0.717) is 31.2 Å². The minimum Gasteiger partial charge on any atom is -0.454 e. The molecule has 1 fully saturated rings. The van der Waals surface area contributed by atoms with Crippen LogP contribution >= 0.6 is 11.6 Å². The fourth-order valence-electron chi connectivity index (χ4n) is 3.70. The zero-order valence-corrected chi connectivity index (χ0v) is 19.8. The van der Waals surface area contributed by atoms with Crippen molar-refractivity contribution in [2.45, 2.75) is 26.3 Å². The summed E-state index contributed by atoms with van der Waals surface area (Å²) >= 11 is 6.07. The van der Waals surface area contributed by atoms with Gasteiger partial charge in [0.2, 0.25) is 5.91 Å². The molecule has 8 heteroatoms. The number of esters is 1. The van der Waals surface area contributed by atoms with Crippen molar-refractivity contribution in [2.24, 2.45) is 5.92 Å². The van der Waals surface area contributed by atoms with E-state index < -0.39 is 12.0 Å². The zero-order valence-electron chi connectivity index (χ0n) is 19.0. The number of anilines is 1. The van der Waals surface area contributed by atoms with E-state index in [0.717, 1.165) is 11.3 Å². The van der Waals surface area contributed by atoms with Crippen LogP contribution in [0.5, 0.6) is 0 Å². The molecule has 1 aliphatic rings. The van der Waals surface area contributed by atoms with Crippen molar-refractivity contribution < 1.29 is 19.1 Å². The van der Waals surface area contributed by atoms with Crippen LogP contribution in [0, 0.1) is 5.92 Å². The van der Waals surface area contributed by atoms with Gasteiger partial charge in [-0.05, 0) is 29.7 Å². The quantitative estimate of drug-likeness (QED) is 0.599. The fraction of sp³-hybridized carbons (Fsp3) is 0.400. The van der Waals surface area contributed by atoms with Gasteiger partial charge in [-0.1, -0.05) is 61.8 Å². The van der Waals surface area contributed by atoms with Crippen molar-refractivity contribution >= 4 is 35.1 Å². The first-order chi connectivity index (χ1) is 15.8. The largest absolute Gasteiger partial charge is 0.454 e. The van der Waals surface area contributed by atoms with E-state index in [4.69, 9.17) is 16.3 Å². The summed E-state index contributed by atoms with van der Waals surface area (Å²) in [6.07, 6.45) is 0.174. The number of hydrogen-bond donors (Lipinski definition) is 1. The number of carbonyl (C=O) groups is 3. The molecule has 176 valence electrons. The van der Waals surface area contributed by atoms with Gasteiger partial charge in [-0.2, -0.15) is 0 Å². The highest BCUT2D eigenvalue weighted by molar-refractivity contribution is 6.30. The number of benzene rings is 2. The lowest BCUT2D eigenvalue weighted by Gasteiger charge is -2.36. The summed E-state index contributed by atoms with van der Waals surface area (Å²) in [5, 5.41) is 3.42. The monoisotopic (exact) mass is 471 g/mol. The molecule has 0 unspecified atom stereocenters. The molecule has 33 heavy (non-hydrogen) atoms. The highest BCUT2D eigenvalue weighted by atomic mass is 35.5. The third kappa shape index (κ3) is 7.22. The molecule has 0 spiro atoms. The second-order valence-corrected chi connectivity index (χ2v) is 8.84. The second-order valence-electron chi connectivity index (χ2n) is 8.41. The molecule has 0 aromatic heterocycles. The summed E-state index contributed by atoms with van der Waals surface area (Å²) < 4.78 is 5.28. The van der Waals surface area contributed by atoms with Gasteiger partial charge in [-0.25, -0.2) is 4.79 Å². The maximum Gasteiger partial charge on any atom is 0.329 e. The Bertz CT molecular complexity index is 959. The number of rotatable bonds is 8. The maximum atomic E-state index is 12.6. The normalized spacial score (nSPS) is 14.7. The van der Waals surface area contributed by atoms with E-state index in [2.05, 4.69) is 10.2 Å². The molecule has 2 aromatic rings. The highest BCUT2D eigenvalue weighted by Gasteiger charge is 2.28. The molecular formula is C25H30ClN3O4. The Morgan fingerprint density at radius 2 is 1.70 bits per heavy atom. The van der Waals surface area contributed by atoms with Crippen molar-refractivity contribution in [3.63, 3.8) is 0 Å². The van der Waals surface area contributed by atoms with Gasteiger partial charge in [0, 0.05) is 36.9 Å². The van der Waals surface area contributed by atoms with Crippen molar-refractivity contribution in [1.82, 2.24) is 10.2 Å². The Morgan fingerprint density at radius 1 is 1.00 bits per heavy atom. The first kappa shape index (κ1) is 24.6. The number of ether oxygens (including phenoxy) is 1. The number of nitrogens with zero attached hydrogens (tertiary/aromatic N) is 2. The average Bonchev–Trinajstić information content (AvgIpc) is 2.81. The van der Waals surface area contributed by atoms with E-state index in [1.54, 1.807) is 4.90 Å². The Morgan fingerprint density at radius 3 is 2.33 bits per heavy atom. The molecule has 1 heterocycles. The van der Waals surface area contributed by atoms with E-state index in [1.165, 1.54) is 0 Å². The fourth-order valence-corrected chi connectivity index (χ4v) is 3.89. The lowest BCUT2D eigenvalue weighted by molar-refractivity contribution is -0.155. The molecule has 0 radical (unpaired) electrons. The van der Waals surface area contributed by atoms with Gasteiger partial charge in [0.1, 0.15) is 6.04 Å². The van der Waals surface area contributed by atoms with Gasteiger partial charge < -0.3 is 19.9 Å². The van der Waals surface area contributed by atoms with Crippen molar-refractivity contribution in [3.8, 4) is 0 Å². The summed E-state index contributed by atoms with van der Waals surface area (Å²) in [4.78, 5) is 41.4. The summed E-state index contributed by atoms with van der Waals surface area (Å²) in [5.41, 5.74) is 1.88. The third-order valence-corrected chi connectivity index (χ3v) is 5.82. The molecule has 1 saturated heterocycles. The number of nitrogens with one attached hydrogen (secondary N) is 1. The van der Waals surface area contributed by atoms with Gasteiger partial charge in [-0.3, -0.25) is 9.59 Å². The summed E-state index contributed by atoms with van der Waals surface area (Å²) in [7, 11) is 0. The lowest BCUT2D eigenvalue weighted by Crippen LogP contribution is -2.51. The van der Waals surface area contributed by atoms with Crippen LogP contribution in [0.25, 0.3) is 0 Å². The van der Waals surface area contributed by atoms with E-state index in [9.17, 15) is 14.4 Å². The number of amides is 2. The van der Waals surface area contributed by atoms with Crippen molar-refractivity contribution in [1.29, 1.82) is 0 Å². The lowest BCUT2D eigenvalue weighted by atomic mass is 10.0. The van der Waals surface area contributed by atoms with Crippen LogP contribution in [0.1, 0.15) is 19.4 Å². The maximum absolute atomic E-state index is 12.6. The molecule has 0 aliphatic carbocycles. The smallest absolute Gasteiger partial charge is 0.329 e. The zero-order chi connectivity index (χ0) is 23.8. The molecular weight excluding hydrogens is 442 g/mol. The second kappa shape index (κ2) is 11.7. The predicted octanol–water partition coefficient (Wildman–Crippen LogP) is 2.92. The molecule has 7 nitrogen and oxygen atoms in total. The Kier molecular flexibility index (Phi) is 8.72. The first-order valence-corrected chi connectivity index (χ1v) is 11.5. The molecule has 1 N–H and O–H groups in total. The molecule has 1 atom stereocenters. The van der Waals surface area contributed by atoms with Gasteiger partial charge in [-0.15, -0.1) is 0 Å². The van der Waals surface area contributed by atoms with Crippen LogP contribution in [-0.2, 0) is 25.5 Å². The van der Waals surface area contributed by atoms with Gasteiger partial charge in [0.05, 0.1) is 6.42 Å². The number of halogens is 1. The van der Waals surface area contributed by atoms with Crippen LogP contribution < -0.4 is 10.2 Å².